The van der Waals surface area contributed by atoms with E-state index >= 15 is 0 Å². The Morgan fingerprint density at radius 2 is 1.86 bits per heavy atom. The number of carbonyl (C=O) groups is 2. The number of rotatable bonds is 6. The number of thiazole rings is 2. The van der Waals surface area contributed by atoms with Gasteiger partial charge in [0.1, 0.15) is 11.6 Å². The molecule has 1 aliphatic heterocycles. The van der Waals surface area contributed by atoms with Crippen LogP contribution in [0.25, 0.3) is 16.3 Å². The van der Waals surface area contributed by atoms with Gasteiger partial charge in [0.2, 0.25) is 5.91 Å². The number of hydrogen-bond donors (Lipinski definition) is 1. The Morgan fingerprint density at radius 3 is 2.60 bits per heavy atom. The van der Waals surface area contributed by atoms with Crippen molar-refractivity contribution in [1.82, 2.24) is 14.9 Å². The van der Waals surface area contributed by atoms with Gasteiger partial charge in [-0.2, -0.15) is 0 Å². The van der Waals surface area contributed by atoms with Crippen LogP contribution in [-0.4, -0.2) is 53.0 Å². The van der Waals surface area contributed by atoms with Crippen LogP contribution in [-0.2, 0) is 16.1 Å². The number of anilines is 2. The lowest BCUT2D eigenvalue weighted by Gasteiger charge is -2.35. The van der Waals surface area contributed by atoms with Gasteiger partial charge in [-0.1, -0.05) is 24.3 Å². The average Bonchev–Trinajstić information content (AvgIpc) is 3.56. The van der Waals surface area contributed by atoms with Crippen LogP contribution in [0, 0.1) is 0 Å². The maximum Gasteiger partial charge on any atom is 0.410 e. The molecule has 0 atom stereocenters. The molecule has 3 heterocycles. The normalized spacial score (nSPS) is 13.9. The van der Waals surface area contributed by atoms with Gasteiger partial charge in [0.25, 0.3) is 0 Å². The van der Waals surface area contributed by atoms with Crippen LogP contribution in [0.2, 0.25) is 0 Å². The molecule has 4 aromatic rings. The summed E-state index contributed by atoms with van der Waals surface area (Å²) in [6.07, 6.45) is 4.61. The number of nitrogens with zero attached hydrogens (tertiary/aromatic N) is 4. The number of fused-ring (bicyclic) bond motifs is 1. The van der Waals surface area contributed by atoms with Gasteiger partial charge in [0.05, 0.1) is 10.2 Å². The smallest absolute Gasteiger partial charge is 0.410 e. The second-order valence-electron chi connectivity index (χ2n) is 7.86. The zero-order chi connectivity index (χ0) is 24.0. The lowest BCUT2D eigenvalue weighted by atomic mass is 10.1. The zero-order valence-corrected chi connectivity index (χ0v) is 20.4. The highest BCUT2D eigenvalue weighted by molar-refractivity contribution is 7.18. The van der Waals surface area contributed by atoms with Gasteiger partial charge in [-0.3, -0.25) is 10.1 Å². The van der Waals surface area contributed by atoms with Crippen molar-refractivity contribution < 1.29 is 14.3 Å². The molecule has 2 aromatic heterocycles. The zero-order valence-electron chi connectivity index (χ0n) is 18.8. The lowest BCUT2D eigenvalue weighted by Crippen LogP contribution is -2.48. The van der Waals surface area contributed by atoms with Crippen LogP contribution in [0.3, 0.4) is 0 Å². The first-order valence-electron chi connectivity index (χ1n) is 11.1. The molecule has 0 saturated carbocycles. The summed E-state index contributed by atoms with van der Waals surface area (Å²) in [6.45, 7) is 2.83. The molecule has 10 heteroatoms. The fraction of sp³-hybridized carbons (Fsp3) is 0.200. The molecule has 8 nitrogen and oxygen atoms in total. The van der Waals surface area contributed by atoms with Crippen molar-refractivity contribution in [1.29, 1.82) is 0 Å². The number of piperazine rings is 1. The Hall–Kier alpha value is -3.76. The lowest BCUT2D eigenvalue weighted by molar-refractivity contribution is -0.111. The highest BCUT2D eigenvalue weighted by atomic mass is 32.1. The third kappa shape index (κ3) is 5.84. The number of amides is 2. The van der Waals surface area contributed by atoms with Crippen LogP contribution >= 0.6 is 22.7 Å². The number of para-hydroxylation sites is 1. The predicted molar refractivity (Wildman–Crippen MR) is 140 cm³/mol. The summed E-state index contributed by atoms with van der Waals surface area (Å²) in [6, 6.07) is 15.9. The third-order valence-corrected chi connectivity index (χ3v) is 7.24. The second-order valence-corrected chi connectivity index (χ2v) is 9.87. The van der Waals surface area contributed by atoms with E-state index in [-0.39, 0.29) is 18.6 Å². The molecule has 1 aliphatic rings. The minimum absolute atomic E-state index is 0.190. The number of hydrogen-bond acceptors (Lipinski definition) is 8. The largest absolute Gasteiger partial charge is 0.442 e. The van der Waals surface area contributed by atoms with Crippen molar-refractivity contribution in [3.63, 3.8) is 0 Å². The van der Waals surface area contributed by atoms with Crippen molar-refractivity contribution in [2.24, 2.45) is 0 Å². The predicted octanol–water partition coefficient (Wildman–Crippen LogP) is 4.86. The van der Waals surface area contributed by atoms with Gasteiger partial charge < -0.3 is 14.5 Å². The topological polar surface area (TPSA) is 87.7 Å². The van der Waals surface area contributed by atoms with E-state index in [4.69, 9.17) is 4.74 Å². The summed E-state index contributed by atoms with van der Waals surface area (Å²) in [5.74, 6) is -0.213. The molecule has 0 radical (unpaired) electrons. The van der Waals surface area contributed by atoms with E-state index in [1.54, 1.807) is 28.5 Å². The van der Waals surface area contributed by atoms with E-state index in [9.17, 15) is 9.59 Å². The standard InChI is InChI=1S/C25H23N5O3S2/c31-22(28-24-26-11-16-34-24)10-7-18-5-8-19(9-6-18)29-12-14-30(15-13-29)25(32)33-17-23-27-20-3-1-2-4-21(20)35-23/h1-11,16H,12-15,17H2,(H,26,28,31)/b10-7+. The molecule has 1 N–H and O–H groups in total. The number of ether oxygens (including phenoxy) is 1. The van der Waals surface area contributed by atoms with Gasteiger partial charge in [-0.25, -0.2) is 14.8 Å². The average molecular weight is 506 g/mol. The van der Waals surface area contributed by atoms with Crippen molar-refractivity contribution in [2.75, 3.05) is 36.4 Å². The summed E-state index contributed by atoms with van der Waals surface area (Å²) < 4.78 is 6.60. The molecule has 35 heavy (non-hydrogen) atoms. The highest BCUT2D eigenvalue weighted by Gasteiger charge is 2.22. The molecule has 0 unspecified atom stereocenters. The molecule has 2 amide bonds. The van der Waals surface area contributed by atoms with Crippen LogP contribution in [0.1, 0.15) is 10.6 Å². The van der Waals surface area contributed by atoms with E-state index in [0.29, 0.717) is 18.2 Å². The molecule has 0 spiro atoms. The Kier molecular flexibility index (Phi) is 7.01. The van der Waals surface area contributed by atoms with Gasteiger partial charge in [-0.05, 0) is 35.9 Å². The van der Waals surface area contributed by atoms with E-state index in [0.717, 1.165) is 39.6 Å². The van der Waals surface area contributed by atoms with E-state index in [2.05, 4.69) is 20.2 Å². The van der Waals surface area contributed by atoms with Crippen molar-refractivity contribution in [3.8, 4) is 0 Å². The first kappa shape index (κ1) is 23.0. The number of aromatic nitrogens is 2. The fourth-order valence-electron chi connectivity index (χ4n) is 3.74. The first-order valence-corrected chi connectivity index (χ1v) is 12.8. The van der Waals surface area contributed by atoms with Gasteiger partial charge in [0, 0.05) is 49.5 Å². The Morgan fingerprint density at radius 1 is 1.06 bits per heavy atom. The maximum absolute atomic E-state index is 12.5. The second kappa shape index (κ2) is 10.7. The summed E-state index contributed by atoms with van der Waals surface area (Å²) in [4.78, 5) is 37.0. The molecular formula is C25H23N5O3S2. The molecule has 2 aromatic carbocycles. The SMILES string of the molecule is O=C(/C=C/c1ccc(N2CCN(C(=O)OCc3nc4ccccc4s3)CC2)cc1)Nc1nccs1. The van der Waals surface area contributed by atoms with Crippen molar-refractivity contribution >= 4 is 61.8 Å². The van der Waals surface area contributed by atoms with E-state index < -0.39 is 0 Å². The summed E-state index contributed by atoms with van der Waals surface area (Å²) in [7, 11) is 0. The number of carbonyl (C=O) groups excluding carboxylic acids is 2. The quantitative estimate of drug-likeness (QED) is 0.377. The third-order valence-electron chi connectivity index (χ3n) is 5.54. The van der Waals surface area contributed by atoms with Gasteiger partial charge >= 0.3 is 6.09 Å². The molecule has 178 valence electrons. The van der Waals surface area contributed by atoms with E-state index in [1.165, 1.54) is 17.4 Å². The monoisotopic (exact) mass is 505 g/mol. The molecule has 5 rings (SSSR count). The number of benzene rings is 2. The summed E-state index contributed by atoms with van der Waals surface area (Å²) >= 11 is 2.92. The van der Waals surface area contributed by atoms with Crippen LogP contribution in [0.4, 0.5) is 15.6 Å². The van der Waals surface area contributed by atoms with E-state index in [1.807, 2.05) is 53.9 Å². The number of nitrogens with one attached hydrogen (secondary N) is 1. The molecule has 0 aliphatic carbocycles. The minimum Gasteiger partial charge on any atom is -0.442 e. The van der Waals surface area contributed by atoms with Crippen LogP contribution < -0.4 is 10.2 Å². The summed E-state index contributed by atoms with van der Waals surface area (Å²) in [5, 5.41) is 5.91. The van der Waals surface area contributed by atoms with Crippen molar-refractivity contribution in [3.05, 3.63) is 76.8 Å². The minimum atomic E-state index is -0.305. The van der Waals surface area contributed by atoms with Crippen LogP contribution in [0.5, 0.6) is 0 Å². The summed E-state index contributed by atoms with van der Waals surface area (Å²) in [5.41, 5.74) is 2.94. The maximum atomic E-state index is 12.5. The van der Waals surface area contributed by atoms with Gasteiger partial charge in [-0.15, -0.1) is 22.7 Å². The first-order chi connectivity index (χ1) is 17.1. The molecule has 1 saturated heterocycles. The van der Waals surface area contributed by atoms with Gasteiger partial charge in [0.15, 0.2) is 5.13 Å². The Labute approximate surface area is 210 Å². The van der Waals surface area contributed by atoms with Crippen molar-refractivity contribution in [2.45, 2.75) is 6.61 Å². The highest BCUT2D eigenvalue weighted by Crippen LogP contribution is 2.23. The molecule has 0 bridgehead atoms. The molecule has 1 fully saturated rings. The molecular weight excluding hydrogens is 482 g/mol. The van der Waals surface area contributed by atoms with Crippen LogP contribution in [0.15, 0.2) is 66.2 Å². The fourth-order valence-corrected chi connectivity index (χ4v) is 5.16. The Balaban J connectivity index is 1.08. The Bertz CT molecular complexity index is 1290.